The maximum atomic E-state index is 11.2. The van der Waals surface area contributed by atoms with E-state index in [9.17, 15) is 9.59 Å². The molecule has 0 aromatic carbocycles. The fourth-order valence-electron chi connectivity index (χ4n) is 1.82. The van der Waals surface area contributed by atoms with Gasteiger partial charge in [-0.25, -0.2) is 4.79 Å². The van der Waals surface area contributed by atoms with Crippen molar-refractivity contribution in [3.63, 3.8) is 0 Å². The molecule has 0 unspecified atom stereocenters. The zero-order chi connectivity index (χ0) is 8.06. The number of rotatable bonds is 0. The largest absolute Gasteiger partial charge is 0.325 e. The van der Waals surface area contributed by atoms with Crippen molar-refractivity contribution in [2.24, 2.45) is 0 Å². The summed E-state index contributed by atoms with van der Waals surface area (Å²) in [6, 6.07) is -0.227. The second-order valence-corrected chi connectivity index (χ2v) is 3.29. The molecule has 2 rings (SSSR count). The molecule has 2 fully saturated rings. The number of nitrogens with zero attached hydrogens (tertiary/aromatic N) is 1. The van der Waals surface area contributed by atoms with Crippen molar-refractivity contribution in [3.05, 3.63) is 0 Å². The van der Waals surface area contributed by atoms with E-state index in [-0.39, 0.29) is 11.9 Å². The lowest BCUT2D eigenvalue weighted by Crippen LogP contribution is -2.41. The minimum Gasteiger partial charge on any atom is -0.310 e. The van der Waals surface area contributed by atoms with Gasteiger partial charge in [-0.1, -0.05) is 0 Å². The third-order valence-corrected chi connectivity index (χ3v) is 2.60. The van der Waals surface area contributed by atoms with Crippen LogP contribution in [-0.2, 0) is 4.79 Å². The number of hydrogen-bond donors (Lipinski definition) is 1. The molecule has 60 valence electrons. The Morgan fingerprint density at radius 2 is 2.27 bits per heavy atom. The Bertz CT molecular complexity index is 239. The Labute approximate surface area is 64.5 Å². The van der Waals surface area contributed by atoms with E-state index in [1.807, 2.05) is 6.92 Å². The van der Waals surface area contributed by atoms with Gasteiger partial charge < -0.3 is 4.90 Å². The number of carbonyl (C=O) groups excluding carboxylic acids is 2. The number of nitrogens with one attached hydrogen (secondary N) is 1. The first-order valence-electron chi connectivity index (χ1n) is 3.78. The molecule has 4 heteroatoms. The topological polar surface area (TPSA) is 49.4 Å². The van der Waals surface area contributed by atoms with Crippen LogP contribution in [0.2, 0.25) is 0 Å². The van der Waals surface area contributed by atoms with Crippen LogP contribution in [-0.4, -0.2) is 28.9 Å². The first-order valence-corrected chi connectivity index (χ1v) is 3.78. The molecule has 1 N–H and O–H groups in total. The molecule has 0 bridgehead atoms. The summed E-state index contributed by atoms with van der Waals surface area (Å²) in [5, 5.41) is 2.31. The van der Waals surface area contributed by atoms with Crippen LogP contribution in [0.25, 0.3) is 0 Å². The molecule has 0 saturated carbocycles. The van der Waals surface area contributed by atoms with Crippen molar-refractivity contribution in [2.45, 2.75) is 25.3 Å². The van der Waals surface area contributed by atoms with Crippen molar-refractivity contribution < 1.29 is 9.59 Å². The monoisotopic (exact) mass is 154 g/mol. The van der Waals surface area contributed by atoms with Gasteiger partial charge in [0.2, 0.25) is 0 Å². The van der Waals surface area contributed by atoms with E-state index in [1.165, 1.54) is 0 Å². The first kappa shape index (κ1) is 6.64. The van der Waals surface area contributed by atoms with Crippen LogP contribution in [0.15, 0.2) is 0 Å². The summed E-state index contributed by atoms with van der Waals surface area (Å²) >= 11 is 0. The van der Waals surface area contributed by atoms with Crippen LogP contribution in [0.4, 0.5) is 4.79 Å². The van der Waals surface area contributed by atoms with E-state index < -0.39 is 5.54 Å². The van der Waals surface area contributed by atoms with Gasteiger partial charge in [0, 0.05) is 6.54 Å². The molecule has 4 nitrogen and oxygen atoms in total. The van der Waals surface area contributed by atoms with Gasteiger partial charge in [0.05, 0.1) is 0 Å². The Morgan fingerprint density at radius 1 is 1.55 bits per heavy atom. The summed E-state index contributed by atoms with van der Waals surface area (Å²) in [6.45, 7) is 2.54. The zero-order valence-electron chi connectivity index (χ0n) is 6.39. The fourth-order valence-corrected chi connectivity index (χ4v) is 1.82. The maximum absolute atomic E-state index is 11.2. The first-order chi connectivity index (χ1) is 5.14. The predicted molar refractivity (Wildman–Crippen MR) is 37.9 cm³/mol. The molecule has 0 aromatic rings. The van der Waals surface area contributed by atoms with Crippen LogP contribution < -0.4 is 5.32 Å². The number of fused-ring (bicyclic) bond motifs is 1. The molecular weight excluding hydrogens is 144 g/mol. The summed E-state index contributed by atoms with van der Waals surface area (Å²) in [4.78, 5) is 23.9. The fraction of sp³-hybridized carbons (Fsp3) is 0.714. The van der Waals surface area contributed by atoms with Crippen molar-refractivity contribution in [2.75, 3.05) is 6.54 Å². The molecule has 0 spiro atoms. The third kappa shape index (κ3) is 0.640. The highest BCUT2D eigenvalue weighted by atomic mass is 16.2. The minimum atomic E-state index is -0.531. The molecule has 0 radical (unpaired) electrons. The normalized spacial score (nSPS) is 35.9. The highest BCUT2D eigenvalue weighted by molar-refractivity contribution is 6.07. The molecule has 2 saturated heterocycles. The Hall–Kier alpha value is -1.06. The van der Waals surface area contributed by atoms with Crippen LogP contribution in [0.5, 0.6) is 0 Å². The van der Waals surface area contributed by atoms with Crippen molar-refractivity contribution in [1.82, 2.24) is 10.2 Å². The van der Waals surface area contributed by atoms with E-state index in [2.05, 4.69) is 5.32 Å². The lowest BCUT2D eigenvalue weighted by atomic mass is 10.00. The number of carbonyl (C=O) groups is 2. The number of hydrogen-bond acceptors (Lipinski definition) is 2. The van der Waals surface area contributed by atoms with Gasteiger partial charge in [0.25, 0.3) is 5.91 Å². The van der Waals surface area contributed by atoms with Gasteiger partial charge in [0.1, 0.15) is 5.54 Å². The van der Waals surface area contributed by atoms with Gasteiger partial charge >= 0.3 is 6.03 Å². The number of imide groups is 1. The summed E-state index contributed by atoms with van der Waals surface area (Å²) in [6.07, 6.45) is 1.74. The molecular formula is C7H10N2O2. The molecule has 2 aliphatic heterocycles. The zero-order valence-corrected chi connectivity index (χ0v) is 6.39. The maximum Gasteiger partial charge on any atom is 0.325 e. The molecule has 1 atom stereocenters. The van der Waals surface area contributed by atoms with Gasteiger partial charge in [-0.2, -0.15) is 0 Å². The lowest BCUT2D eigenvalue weighted by Gasteiger charge is -2.22. The van der Waals surface area contributed by atoms with Crippen molar-refractivity contribution in [3.8, 4) is 0 Å². The van der Waals surface area contributed by atoms with E-state index in [0.29, 0.717) is 6.54 Å². The molecule has 2 heterocycles. The van der Waals surface area contributed by atoms with Crippen molar-refractivity contribution in [1.29, 1.82) is 0 Å². The van der Waals surface area contributed by atoms with Gasteiger partial charge in [0.15, 0.2) is 0 Å². The Balaban J connectivity index is 2.39. The summed E-state index contributed by atoms with van der Waals surface area (Å²) in [5.41, 5.74) is -0.531. The predicted octanol–water partition coefficient (Wildman–Crippen LogP) is 0.0907. The molecule has 11 heavy (non-hydrogen) atoms. The Kier molecular flexibility index (Phi) is 1.06. The lowest BCUT2D eigenvalue weighted by molar-refractivity contribution is -0.124. The number of urea groups is 1. The van der Waals surface area contributed by atoms with E-state index in [1.54, 1.807) is 4.90 Å². The van der Waals surface area contributed by atoms with E-state index in [4.69, 9.17) is 0 Å². The second kappa shape index (κ2) is 1.75. The molecule has 0 aromatic heterocycles. The van der Waals surface area contributed by atoms with Crippen molar-refractivity contribution >= 4 is 11.9 Å². The quantitative estimate of drug-likeness (QED) is 0.503. The summed E-state index contributed by atoms with van der Waals surface area (Å²) in [7, 11) is 0. The standard InChI is InChI=1S/C7H10N2O2/c1-7-3-2-4-9(7)6(11)8-5(7)10/h2-4H2,1H3,(H,8,10,11)/t7-/m0/s1. The number of amides is 3. The SMILES string of the molecule is C[C@@]12CCCN1C(=O)NC2=O. The average molecular weight is 154 g/mol. The molecule has 2 aliphatic rings. The van der Waals surface area contributed by atoms with Gasteiger partial charge in [-0.3, -0.25) is 10.1 Å². The Morgan fingerprint density at radius 3 is 2.91 bits per heavy atom. The minimum absolute atomic E-state index is 0.139. The van der Waals surface area contributed by atoms with E-state index in [0.717, 1.165) is 12.8 Å². The van der Waals surface area contributed by atoms with Gasteiger partial charge in [-0.05, 0) is 19.8 Å². The van der Waals surface area contributed by atoms with Gasteiger partial charge in [-0.15, -0.1) is 0 Å². The van der Waals surface area contributed by atoms with Crippen LogP contribution in [0.3, 0.4) is 0 Å². The van der Waals surface area contributed by atoms with E-state index >= 15 is 0 Å². The van der Waals surface area contributed by atoms with Crippen LogP contribution in [0.1, 0.15) is 19.8 Å². The smallest absolute Gasteiger partial charge is 0.310 e. The average Bonchev–Trinajstić information content (AvgIpc) is 2.39. The van der Waals surface area contributed by atoms with Crippen LogP contribution >= 0.6 is 0 Å². The highest BCUT2D eigenvalue weighted by Gasteiger charge is 2.51. The molecule has 3 amide bonds. The highest BCUT2D eigenvalue weighted by Crippen LogP contribution is 2.32. The van der Waals surface area contributed by atoms with Crippen LogP contribution in [0, 0.1) is 0 Å². The second-order valence-electron chi connectivity index (χ2n) is 3.29. The summed E-state index contributed by atoms with van der Waals surface area (Å²) < 4.78 is 0. The third-order valence-electron chi connectivity index (χ3n) is 2.60. The molecule has 0 aliphatic carbocycles. The summed E-state index contributed by atoms with van der Waals surface area (Å²) in [5.74, 6) is -0.139.